The monoisotopic (exact) mass is 398 g/mol. The molecule has 1 saturated heterocycles. The summed E-state index contributed by atoms with van der Waals surface area (Å²) in [4.78, 5) is 39.3. The van der Waals surface area contributed by atoms with Crippen molar-refractivity contribution < 1.29 is 27.6 Å². The van der Waals surface area contributed by atoms with E-state index in [4.69, 9.17) is 5.73 Å². The first-order valence-corrected chi connectivity index (χ1v) is 8.93. The average molecular weight is 398 g/mol. The predicted octanol–water partition coefficient (Wildman–Crippen LogP) is 1.58. The van der Waals surface area contributed by atoms with Gasteiger partial charge in [0.25, 0.3) is 0 Å². The molecule has 0 saturated carbocycles. The number of hydrogen-bond donors (Lipinski definition) is 2. The number of amides is 3. The lowest BCUT2D eigenvalue weighted by Gasteiger charge is -2.38. The van der Waals surface area contributed by atoms with Gasteiger partial charge in [-0.05, 0) is 51.1 Å². The second-order valence-corrected chi connectivity index (χ2v) is 7.09. The highest BCUT2D eigenvalue weighted by molar-refractivity contribution is 6.11. The third-order valence-corrected chi connectivity index (χ3v) is 5.29. The van der Waals surface area contributed by atoms with Crippen LogP contribution >= 0.6 is 0 Å². The van der Waals surface area contributed by atoms with Crippen LogP contribution in [0, 0.1) is 5.92 Å². The van der Waals surface area contributed by atoms with Gasteiger partial charge in [0.2, 0.25) is 17.7 Å². The topological polar surface area (TPSA) is 95.7 Å². The molecule has 3 amide bonds. The van der Waals surface area contributed by atoms with Crippen LogP contribution < -0.4 is 16.0 Å². The van der Waals surface area contributed by atoms with Gasteiger partial charge in [-0.3, -0.25) is 24.2 Å². The highest BCUT2D eigenvalue weighted by atomic mass is 19.4. The van der Waals surface area contributed by atoms with E-state index in [9.17, 15) is 27.6 Å². The number of rotatable bonds is 3. The maximum Gasteiger partial charge on any atom is 0.416 e. The lowest BCUT2D eigenvalue weighted by Crippen LogP contribution is -2.53. The number of nitrogens with one attached hydrogen (secondary N) is 1. The third-order valence-electron chi connectivity index (χ3n) is 5.29. The van der Waals surface area contributed by atoms with E-state index in [2.05, 4.69) is 5.32 Å². The lowest BCUT2D eigenvalue weighted by atomic mass is 9.95. The number of primary amides is 1. The average Bonchev–Trinajstić information content (AvgIpc) is 2.65. The molecule has 1 aromatic carbocycles. The molecule has 3 rings (SSSR count). The van der Waals surface area contributed by atoms with Crippen molar-refractivity contribution in [2.45, 2.75) is 32.0 Å². The van der Waals surface area contributed by atoms with E-state index in [1.165, 1.54) is 11.0 Å². The standard InChI is InChI=1S/C18H21F3N4O3/c1-10(24-6-4-11(5-7-24)16(22)27)17(28)25-9-15(26)23-13-8-12(18(19,20)21)2-3-14(13)25/h2-3,8,10-11H,4-7,9H2,1H3,(H2,22,27)(H,23,26). The van der Waals surface area contributed by atoms with Gasteiger partial charge in [0.15, 0.2) is 0 Å². The van der Waals surface area contributed by atoms with Crippen molar-refractivity contribution in [1.82, 2.24) is 4.90 Å². The minimum absolute atomic E-state index is 0.0425. The van der Waals surface area contributed by atoms with E-state index < -0.39 is 23.7 Å². The molecule has 1 aromatic rings. The smallest absolute Gasteiger partial charge is 0.369 e. The number of fused-ring (bicyclic) bond motifs is 1. The van der Waals surface area contributed by atoms with Crippen molar-refractivity contribution in [2.75, 3.05) is 29.9 Å². The van der Waals surface area contributed by atoms with Gasteiger partial charge in [-0.15, -0.1) is 0 Å². The molecule has 0 aromatic heterocycles. The molecule has 28 heavy (non-hydrogen) atoms. The van der Waals surface area contributed by atoms with Crippen molar-refractivity contribution in [3.63, 3.8) is 0 Å². The number of likely N-dealkylation sites (tertiary alicyclic amines) is 1. The summed E-state index contributed by atoms with van der Waals surface area (Å²) in [5, 5.41) is 2.40. The van der Waals surface area contributed by atoms with Crippen LogP contribution in [0.15, 0.2) is 18.2 Å². The number of piperidine rings is 1. The van der Waals surface area contributed by atoms with Gasteiger partial charge in [0, 0.05) is 5.92 Å². The van der Waals surface area contributed by atoms with Gasteiger partial charge >= 0.3 is 6.18 Å². The molecular formula is C18H21F3N4O3. The highest BCUT2D eigenvalue weighted by Crippen LogP contribution is 2.37. The quantitative estimate of drug-likeness (QED) is 0.808. The Labute approximate surface area is 159 Å². The third kappa shape index (κ3) is 3.96. The Kier molecular flexibility index (Phi) is 5.33. The fraction of sp³-hybridized carbons (Fsp3) is 0.500. The molecule has 1 fully saturated rings. The van der Waals surface area contributed by atoms with Gasteiger partial charge < -0.3 is 11.1 Å². The van der Waals surface area contributed by atoms with Crippen LogP contribution in [0.2, 0.25) is 0 Å². The van der Waals surface area contributed by atoms with Gasteiger partial charge in [-0.2, -0.15) is 13.2 Å². The summed E-state index contributed by atoms with van der Waals surface area (Å²) >= 11 is 0. The van der Waals surface area contributed by atoms with Crippen molar-refractivity contribution in [2.24, 2.45) is 11.7 Å². The Hall–Kier alpha value is -2.62. The number of carbonyl (C=O) groups excluding carboxylic acids is 3. The summed E-state index contributed by atoms with van der Waals surface area (Å²) in [5.41, 5.74) is 4.61. The van der Waals surface area contributed by atoms with Gasteiger partial charge in [-0.1, -0.05) is 0 Å². The molecule has 2 aliphatic heterocycles. The first kappa shape index (κ1) is 20.1. The van der Waals surface area contributed by atoms with E-state index in [-0.39, 0.29) is 35.7 Å². The van der Waals surface area contributed by atoms with Crippen LogP contribution in [-0.4, -0.2) is 48.3 Å². The molecule has 3 N–H and O–H groups in total. The minimum atomic E-state index is -4.55. The van der Waals surface area contributed by atoms with Crippen LogP contribution in [0.4, 0.5) is 24.5 Å². The maximum atomic E-state index is 13.0. The molecule has 2 heterocycles. The van der Waals surface area contributed by atoms with Crippen molar-refractivity contribution >= 4 is 29.1 Å². The van der Waals surface area contributed by atoms with Gasteiger partial charge in [-0.25, -0.2) is 0 Å². The number of carbonyl (C=O) groups is 3. The SMILES string of the molecule is CC(C(=O)N1CC(=O)Nc2cc(C(F)(F)F)ccc21)N1CCC(C(N)=O)CC1. The fourth-order valence-electron chi connectivity index (χ4n) is 3.62. The number of nitrogens with two attached hydrogens (primary N) is 1. The molecule has 1 unspecified atom stereocenters. The zero-order chi connectivity index (χ0) is 20.6. The number of anilines is 2. The molecule has 0 aliphatic carbocycles. The summed E-state index contributed by atoms with van der Waals surface area (Å²) in [6.07, 6.45) is -3.47. The molecule has 7 nitrogen and oxygen atoms in total. The van der Waals surface area contributed by atoms with Gasteiger partial charge in [0.1, 0.15) is 6.54 Å². The molecule has 2 aliphatic rings. The van der Waals surface area contributed by atoms with Crippen molar-refractivity contribution in [3.8, 4) is 0 Å². The summed E-state index contributed by atoms with van der Waals surface area (Å²) in [5.74, 6) is -1.52. The van der Waals surface area contributed by atoms with E-state index >= 15 is 0 Å². The number of alkyl halides is 3. The molecule has 0 spiro atoms. The summed E-state index contributed by atoms with van der Waals surface area (Å²) in [7, 11) is 0. The molecule has 1 atom stereocenters. The van der Waals surface area contributed by atoms with E-state index in [1.807, 2.05) is 4.90 Å². The number of hydrogen-bond acceptors (Lipinski definition) is 4. The normalized spacial score (nSPS) is 19.7. The number of benzene rings is 1. The van der Waals surface area contributed by atoms with E-state index in [0.717, 1.165) is 12.1 Å². The van der Waals surface area contributed by atoms with Crippen LogP contribution in [0.5, 0.6) is 0 Å². The molecule has 10 heteroatoms. The first-order chi connectivity index (χ1) is 13.1. The number of halogens is 3. The summed E-state index contributed by atoms with van der Waals surface area (Å²) in [6.45, 7) is 2.42. The molecule has 0 radical (unpaired) electrons. The molecule has 0 bridgehead atoms. The van der Waals surface area contributed by atoms with Crippen LogP contribution in [0.1, 0.15) is 25.3 Å². The Bertz CT molecular complexity index is 804. The zero-order valence-electron chi connectivity index (χ0n) is 15.3. The largest absolute Gasteiger partial charge is 0.416 e. The Balaban J connectivity index is 1.79. The van der Waals surface area contributed by atoms with Crippen LogP contribution in [-0.2, 0) is 20.6 Å². The summed E-state index contributed by atoms with van der Waals surface area (Å²) < 4.78 is 38.8. The summed E-state index contributed by atoms with van der Waals surface area (Å²) in [6, 6.07) is 2.33. The van der Waals surface area contributed by atoms with Gasteiger partial charge in [0.05, 0.1) is 23.0 Å². The minimum Gasteiger partial charge on any atom is -0.369 e. The second-order valence-electron chi connectivity index (χ2n) is 7.09. The zero-order valence-corrected chi connectivity index (χ0v) is 15.3. The molecule has 152 valence electrons. The Morgan fingerprint density at radius 3 is 2.46 bits per heavy atom. The lowest BCUT2D eigenvalue weighted by molar-refractivity contribution is -0.137. The second kappa shape index (κ2) is 7.42. The van der Waals surface area contributed by atoms with Crippen LogP contribution in [0.3, 0.4) is 0 Å². The van der Waals surface area contributed by atoms with E-state index in [0.29, 0.717) is 25.9 Å². The highest BCUT2D eigenvalue weighted by Gasteiger charge is 2.37. The predicted molar refractivity (Wildman–Crippen MR) is 95.4 cm³/mol. The molecular weight excluding hydrogens is 377 g/mol. The van der Waals surface area contributed by atoms with Crippen molar-refractivity contribution in [1.29, 1.82) is 0 Å². The van der Waals surface area contributed by atoms with Crippen molar-refractivity contribution in [3.05, 3.63) is 23.8 Å². The van der Waals surface area contributed by atoms with Crippen LogP contribution in [0.25, 0.3) is 0 Å². The van der Waals surface area contributed by atoms with E-state index in [1.54, 1.807) is 6.92 Å². The maximum absolute atomic E-state index is 13.0. The Morgan fingerprint density at radius 2 is 1.89 bits per heavy atom. The fourth-order valence-corrected chi connectivity index (χ4v) is 3.62. The Morgan fingerprint density at radius 1 is 1.25 bits per heavy atom. The number of nitrogens with zero attached hydrogens (tertiary/aromatic N) is 2. The first-order valence-electron chi connectivity index (χ1n) is 8.93.